The third-order valence-corrected chi connectivity index (χ3v) is 4.44. The Morgan fingerprint density at radius 3 is 2.71 bits per heavy atom. The summed E-state index contributed by atoms with van der Waals surface area (Å²) < 4.78 is 5.54. The molecule has 1 aromatic carbocycles. The molecule has 1 fully saturated rings. The van der Waals surface area contributed by atoms with Gasteiger partial charge in [0, 0.05) is 18.7 Å². The highest BCUT2D eigenvalue weighted by molar-refractivity contribution is 7.80. The van der Waals surface area contributed by atoms with Gasteiger partial charge < -0.3 is 10.1 Å². The average Bonchev–Trinajstić information content (AvgIpc) is 2.61. The Labute approximate surface area is 150 Å². The van der Waals surface area contributed by atoms with Crippen LogP contribution in [0.25, 0.3) is 0 Å². The van der Waals surface area contributed by atoms with Crippen molar-refractivity contribution in [3.05, 3.63) is 29.3 Å². The molecule has 24 heavy (non-hydrogen) atoms. The van der Waals surface area contributed by atoms with Crippen molar-refractivity contribution in [2.45, 2.75) is 39.7 Å². The molecule has 5 nitrogen and oxygen atoms in total. The van der Waals surface area contributed by atoms with E-state index in [9.17, 15) is 0 Å². The van der Waals surface area contributed by atoms with Gasteiger partial charge in [-0.2, -0.15) is 5.10 Å². The SMILES string of the molecule is CCNC(=S)N/N=C(/C)c1ccc(OC)c(CN2CCCCC2)c1. The highest BCUT2D eigenvalue weighted by atomic mass is 32.1. The van der Waals surface area contributed by atoms with Crippen LogP contribution in [0.2, 0.25) is 0 Å². The lowest BCUT2D eigenvalue weighted by molar-refractivity contribution is 0.218. The summed E-state index contributed by atoms with van der Waals surface area (Å²) in [6.45, 7) is 8.02. The number of likely N-dealkylation sites (tertiary alicyclic amines) is 1. The van der Waals surface area contributed by atoms with Gasteiger partial charge >= 0.3 is 0 Å². The fourth-order valence-corrected chi connectivity index (χ4v) is 3.07. The van der Waals surface area contributed by atoms with Gasteiger partial charge in [-0.15, -0.1) is 0 Å². The van der Waals surface area contributed by atoms with Crippen LogP contribution in [0.15, 0.2) is 23.3 Å². The maximum absolute atomic E-state index is 5.54. The molecule has 0 aromatic heterocycles. The van der Waals surface area contributed by atoms with Crippen molar-refractivity contribution in [1.29, 1.82) is 0 Å². The predicted molar refractivity (Wildman–Crippen MR) is 104 cm³/mol. The Hall–Kier alpha value is -1.66. The predicted octanol–water partition coefficient (Wildman–Crippen LogP) is 2.89. The molecule has 0 radical (unpaired) electrons. The molecule has 1 saturated heterocycles. The van der Waals surface area contributed by atoms with E-state index in [1.807, 2.05) is 26.0 Å². The second kappa shape index (κ2) is 9.59. The lowest BCUT2D eigenvalue weighted by Gasteiger charge is -2.27. The fraction of sp³-hybridized carbons (Fsp3) is 0.556. The van der Waals surface area contributed by atoms with E-state index in [1.165, 1.54) is 37.9 Å². The molecule has 1 aromatic rings. The summed E-state index contributed by atoms with van der Waals surface area (Å²) in [4.78, 5) is 2.50. The van der Waals surface area contributed by atoms with Gasteiger partial charge in [-0.25, -0.2) is 0 Å². The van der Waals surface area contributed by atoms with Crippen molar-refractivity contribution >= 4 is 23.0 Å². The van der Waals surface area contributed by atoms with Crippen molar-refractivity contribution < 1.29 is 4.74 Å². The van der Waals surface area contributed by atoms with E-state index in [1.54, 1.807) is 7.11 Å². The van der Waals surface area contributed by atoms with Crippen molar-refractivity contribution in [2.75, 3.05) is 26.7 Å². The van der Waals surface area contributed by atoms with Gasteiger partial charge in [-0.3, -0.25) is 10.3 Å². The lowest BCUT2D eigenvalue weighted by Crippen LogP contribution is -2.32. The molecule has 0 aliphatic carbocycles. The largest absolute Gasteiger partial charge is 0.496 e. The van der Waals surface area contributed by atoms with E-state index >= 15 is 0 Å². The van der Waals surface area contributed by atoms with Crippen LogP contribution in [0.3, 0.4) is 0 Å². The van der Waals surface area contributed by atoms with E-state index in [-0.39, 0.29) is 0 Å². The first-order valence-electron chi connectivity index (χ1n) is 8.61. The van der Waals surface area contributed by atoms with Gasteiger partial charge in [0.2, 0.25) is 0 Å². The minimum absolute atomic E-state index is 0.541. The number of piperidine rings is 1. The van der Waals surface area contributed by atoms with Crippen LogP contribution in [-0.2, 0) is 6.54 Å². The average molecular weight is 349 g/mol. The first kappa shape index (κ1) is 18.7. The van der Waals surface area contributed by atoms with Crippen LogP contribution in [0.5, 0.6) is 5.75 Å². The summed E-state index contributed by atoms with van der Waals surface area (Å²) in [5.74, 6) is 0.938. The number of hydrogen-bond donors (Lipinski definition) is 2. The first-order chi connectivity index (χ1) is 11.6. The maximum Gasteiger partial charge on any atom is 0.186 e. The van der Waals surface area contributed by atoms with Gasteiger partial charge in [0.15, 0.2) is 5.11 Å². The molecule has 0 atom stereocenters. The summed E-state index contributed by atoms with van der Waals surface area (Å²) in [6.07, 6.45) is 3.92. The Morgan fingerprint density at radius 1 is 1.29 bits per heavy atom. The zero-order chi connectivity index (χ0) is 17.4. The second-order valence-electron chi connectivity index (χ2n) is 6.03. The van der Waals surface area contributed by atoms with E-state index < -0.39 is 0 Å². The van der Waals surface area contributed by atoms with Crippen LogP contribution in [0, 0.1) is 0 Å². The summed E-state index contributed by atoms with van der Waals surface area (Å²) in [5.41, 5.74) is 6.07. The van der Waals surface area contributed by atoms with E-state index in [0.29, 0.717) is 5.11 Å². The third kappa shape index (κ3) is 5.46. The number of thiocarbonyl (C=S) groups is 1. The fourth-order valence-electron chi connectivity index (χ4n) is 2.88. The number of rotatable bonds is 6. The monoisotopic (exact) mass is 348 g/mol. The van der Waals surface area contributed by atoms with Crippen molar-refractivity contribution in [3.63, 3.8) is 0 Å². The summed E-state index contributed by atoms with van der Waals surface area (Å²) in [5, 5.41) is 7.93. The highest BCUT2D eigenvalue weighted by Gasteiger charge is 2.14. The van der Waals surface area contributed by atoms with Crippen molar-refractivity contribution in [2.24, 2.45) is 5.10 Å². The van der Waals surface area contributed by atoms with E-state index in [4.69, 9.17) is 17.0 Å². The number of benzene rings is 1. The number of ether oxygens (including phenoxy) is 1. The maximum atomic E-state index is 5.54. The van der Waals surface area contributed by atoms with Crippen LogP contribution in [-0.4, -0.2) is 42.5 Å². The Kier molecular flexibility index (Phi) is 7.46. The molecule has 0 saturated carbocycles. The molecule has 0 unspecified atom stereocenters. The molecule has 0 spiro atoms. The van der Waals surface area contributed by atoms with Crippen molar-refractivity contribution in [3.8, 4) is 5.75 Å². The van der Waals surface area contributed by atoms with Gasteiger partial charge in [0.25, 0.3) is 0 Å². The Bertz CT molecular complexity index is 582. The molecule has 6 heteroatoms. The third-order valence-electron chi connectivity index (χ3n) is 4.20. The smallest absolute Gasteiger partial charge is 0.186 e. The van der Waals surface area contributed by atoms with Crippen LogP contribution >= 0.6 is 12.2 Å². The normalized spacial score (nSPS) is 15.9. The summed E-state index contributed by atoms with van der Waals surface area (Å²) >= 11 is 5.14. The molecule has 1 aliphatic rings. The number of methoxy groups -OCH3 is 1. The number of hydrazone groups is 1. The zero-order valence-corrected chi connectivity index (χ0v) is 15.7. The standard InChI is InChI=1S/C18H28N4OS/c1-4-19-18(24)21-20-14(2)15-8-9-17(23-3)16(12-15)13-22-10-6-5-7-11-22/h8-9,12H,4-7,10-11,13H2,1-3H3,(H2,19,21,24)/b20-14-. The van der Waals surface area contributed by atoms with Crippen LogP contribution in [0.4, 0.5) is 0 Å². The molecule has 2 N–H and O–H groups in total. The number of nitrogens with one attached hydrogen (secondary N) is 2. The molecule has 132 valence electrons. The molecule has 0 bridgehead atoms. The minimum atomic E-state index is 0.541. The quantitative estimate of drug-likeness (QED) is 0.470. The molecule has 1 heterocycles. The minimum Gasteiger partial charge on any atom is -0.496 e. The molecular formula is C18H28N4OS. The molecule has 0 amide bonds. The Morgan fingerprint density at radius 2 is 2.04 bits per heavy atom. The van der Waals surface area contributed by atoms with Crippen LogP contribution < -0.4 is 15.5 Å². The van der Waals surface area contributed by atoms with E-state index in [0.717, 1.165) is 30.1 Å². The highest BCUT2D eigenvalue weighted by Crippen LogP contribution is 2.23. The number of nitrogens with zero attached hydrogens (tertiary/aromatic N) is 2. The van der Waals surface area contributed by atoms with E-state index in [2.05, 4.69) is 26.8 Å². The van der Waals surface area contributed by atoms with Gasteiger partial charge in [-0.1, -0.05) is 6.42 Å². The van der Waals surface area contributed by atoms with Crippen molar-refractivity contribution in [1.82, 2.24) is 15.6 Å². The lowest BCUT2D eigenvalue weighted by atomic mass is 10.0. The molecular weight excluding hydrogens is 320 g/mol. The van der Waals surface area contributed by atoms with Gasteiger partial charge in [0.1, 0.15) is 5.75 Å². The molecule has 2 rings (SSSR count). The zero-order valence-electron chi connectivity index (χ0n) is 14.9. The topological polar surface area (TPSA) is 48.9 Å². The van der Waals surface area contributed by atoms with Gasteiger partial charge in [-0.05, 0) is 75.8 Å². The second-order valence-corrected chi connectivity index (χ2v) is 6.44. The molecule has 1 aliphatic heterocycles. The van der Waals surface area contributed by atoms with Crippen LogP contribution in [0.1, 0.15) is 44.2 Å². The first-order valence-corrected chi connectivity index (χ1v) is 9.02. The van der Waals surface area contributed by atoms with Gasteiger partial charge in [0.05, 0.1) is 12.8 Å². The summed E-state index contributed by atoms with van der Waals surface area (Å²) in [7, 11) is 1.73. The Balaban J connectivity index is 2.11. The summed E-state index contributed by atoms with van der Waals surface area (Å²) in [6, 6.07) is 6.23. The number of hydrogen-bond acceptors (Lipinski definition) is 4.